The van der Waals surface area contributed by atoms with Gasteiger partial charge >= 0.3 is 0 Å². The number of rotatable bonds is 7. The van der Waals surface area contributed by atoms with Crippen LogP contribution in [0.5, 0.6) is 0 Å². The first-order valence-corrected chi connectivity index (χ1v) is 10.0. The monoisotopic (exact) mass is 349 g/mol. The third-order valence-electron chi connectivity index (χ3n) is 4.57. The van der Waals surface area contributed by atoms with Gasteiger partial charge in [0.1, 0.15) is 6.61 Å². The van der Waals surface area contributed by atoms with E-state index >= 15 is 0 Å². The molecule has 0 aliphatic heterocycles. The number of benzene rings is 1. The molecule has 1 N–H and O–H groups in total. The molecule has 0 amide bonds. The number of aromatic nitrogens is 3. The minimum absolute atomic E-state index is 0.0588. The molecule has 7 heteroatoms. The molecule has 0 atom stereocenters. The van der Waals surface area contributed by atoms with Crippen molar-refractivity contribution in [3.05, 3.63) is 41.2 Å². The summed E-state index contributed by atoms with van der Waals surface area (Å²) in [5, 5.41) is 16.9. The number of aliphatic hydroxyl groups excluding tert-OH is 1. The fourth-order valence-corrected chi connectivity index (χ4v) is 4.48. The Hall–Kier alpha value is -1.73. The number of hydrogen-bond acceptors (Lipinski definition) is 5. The maximum absolute atomic E-state index is 12.7. The van der Waals surface area contributed by atoms with Crippen molar-refractivity contribution in [2.75, 3.05) is 0 Å². The van der Waals surface area contributed by atoms with Gasteiger partial charge in [0, 0.05) is 6.54 Å². The van der Waals surface area contributed by atoms with Crippen LogP contribution in [0.2, 0.25) is 0 Å². The zero-order valence-corrected chi connectivity index (χ0v) is 14.7. The summed E-state index contributed by atoms with van der Waals surface area (Å²) < 4.78 is 26.9. The zero-order valence-electron chi connectivity index (χ0n) is 13.9. The van der Waals surface area contributed by atoms with Gasteiger partial charge in [0.05, 0.1) is 5.75 Å². The van der Waals surface area contributed by atoms with Crippen LogP contribution in [-0.4, -0.2) is 28.3 Å². The van der Waals surface area contributed by atoms with E-state index in [4.69, 9.17) is 0 Å². The fraction of sp³-hybridized carbons (Fsp3) is 0.529. The topological polar surface area (TPSA) is 85.1 Å². The van der Waals surface area contributed by atoms with Crippen LogP contribution >= 0.6 is 0 Å². The Morgan fingerprint density at radius 3 is 2.46 bits per heavy atom. The van der Waals surface area contributed by atoms with Crippen molar-refractivity contribution >= 4 is 9.84 Å². The Kier molecular flexibility index (Phi) is 5.01. The lowest BCUT2D eigenvalue weighted by molar-refractivity contribution is 0.263. The summed E-state index contributed by atoms with van der Waals surface area (Å²) in [6.45, 7) is 2.09. The molecule has 3 rings (SSSR count). The van der Waals surface area contributed by atoms with Crippen LogP contribution in [0.25, 0.3) is 0 Å². The van der Waals surface area contributed by atoms with E-state index in [0.717, 1.165) is 12.0 Å². The van der Waals surface area contributed by atoms with Crippen LogP contribution in [-0.2, 0) is 28.7 Å². The van der Waals surface area contributed by atoms with E-state index in [9.17, 15) is 13.5 Å². The highest BCUT2D eigenvalue weighted by Crippen LogP contribution is 2.36. The molecule has 1 aromatic carbocycles. The molecule has 1 saturated carbocycles. The first-order chi connectivity index (χ1) is 11.5. The van der Waals surface area contributed by atoms with Gasteiger partial charge in [-0.3, -0.25) is 4.57 Å². The smallest absolute Gasteiger partial charge is 0.250 e. The molecule has 1 aliphatic carbocycles. The molecule has 1 aromatic heterocycles. The van der Waals surface area contributed by atoms with Crippen molar-refractivity contribution in [3.8, 4) is 0 Å². The van der Waals surface area contributed by atoms with Crippen LogP contribution in [0.3, 0.4) is 0 Å². The molecular weight excluding hydrogens is 326 g/mol. The second-order valence-corrected chi connectivity index (χ2v) is 8.22. The maximum Gasteiger partial charge on any atom is 0.250 e. The lowest BCUT2D eigenvalue weighted by atomic mass is 9.80. The standard InChI is InChI=1S/C17H23N3O3S/c1-2-10-20-16(11-21)18-19-17(20)24(22,23)12-13-6-8-15(9-7-13)14-4-3-5-14/h6-9,14,21H,2-5,10-12H2,1H3. The highest BCUT2D eigenvalue weighted by molar-refractivity contribution is 7.90. The van der Waals surface area contributed by atoms with Crippen LogP contribution < -0.4 is 0 Å². The van der Waals surface area contributed by atoms with Gasteiger partial charge in [-0.25, -0.2) is 8.42 Å². The quantitative estimate of drug-likeness (QED) is 0.830. The fourth-order valence-electron chi connectivity index (χ4n) is 3.03. The second kappa shape index (κ2) is 7.03. The first kappa shape index (κ1) is 17.1. The molecule has 1 heterocycles. The highest BCUT2D eigenvalue weighted by Gasteiger charge is 2.25. The lowest BCUT2D eigenvalue weighted by Crippen LogP contribution is -2.15. The molecule has 0 bridgehead atoms. The van der Waals surface area contributed by atoms with Gasteiger partial charge < -0.3 is 5.11 Å². The van der Waals surface area contributed by atoms with Crippen molar-refractivity contribution in [1.29, 1.82) is 0 Å². The first-order valence-electron chi connectivity index (χ1n) is 8.39. The second-order valence-electron chi connectivity index (χ2n) is 6.34. The third-order valence-corrected chi connectivity index (χ3v) is 6.14. The van der Waals surface area contributed by atoms with Crippen molar-refractivity contribution in [2.45, 2.75) is 62.6 Å². The average Bonchev–Trinajstić information content (AvgIpc) is 2.91. The Labute approximate surface area is 142 Å². The minimum atomic E-state index is -3.60. The van der Waals surface area contributed by atoms with Gasteiger partial charge in [-0.2, -0.15) is 0 Å². The number of aliphatic hydroxyl groups is 1. The molecule has 0 spiro atoms. The Balaban J connectivity index is 1.82. The molecule has 0 saturated heterocycles. The number of nitrogens with zero attached hydrogens (tertiary/aromatic N) is 3. The molecular formula is C17H23N3O3S. The average molecular weight is 349 g/mol. The predicted octanol–water partition coefficient (Wildman–Crippen LogP) is 2.42. The summed E-state index contributed by atoms with van der Waals surface area (Å²) in [5.41, 5.74) is 2.04. The summed E-state index contributed by atoms with van der Waals surface area (Å²) in [4.78, 5) is 0. The van der Waals surface area contributed by atoms with E-state index in [0.29, 0.717) is 12.5 Å². The highest BCUT2D eigenvalue weighted by atomic mass is 32.2. The molecule has 1 aliphatic rings. The van der Waals surface area contributed by atoms with Crippen molar-refractivity contribution in [1.82, 2.24) is 14.8 Å². The third kappa shape index (κ3) is 3.37. The van der Waals surface area contributed by atoms with E-state index in [2.05, 4.69) is 10.2 Å². The molecule has 6 nitrogen and oxygen atoms in total. The SMILES string of the molecule is CCCn1c(CO)nnc1S(=O)(=O)Cc1ccc(C2CCC2)cc1. The summed E-state index contributed by atoms with van der Waals surface area (Å²) in [6.07, 6.45) is 4.47. The van der Waals surface area contributed by atoms with Gasteiger partial charge in [-0.15, -0.1) is 10.2 Å². The number of sulfone groups is 1. The van der Waals surface area contributed by atoms with Crippen LogP contribution in [0.4, 0.5) is 0 Å². The van der Waals surface area contributed by atoms with E-state index < -0.39 is 9.84 Å². The van der Waals surface area contributed by atoms with Crippen molar-refractivity contribution in [2.24, 2.45) is 0 Å². The van der Waals surface area contributed by atoms with Crippen molar-refractivity contribution < 1.29 is 13.5 Å². The molecule has 130 valence electrons. The largest absolute Gasteiger partial charge is 0.388 e. The molecule has 0 radical (unpaired) electrons. The molecule has 0 unspecified atom stereocenters. The Morgan fingerprint density at radius 1 is 1.21 bits per heavy atom. The summed E-state index contributed by atoms with van der Waals surface area (Å²) in [5.74, 6) is 0.816. The van der Waals surface area contributed by atoms with Gasteiger partial charge in [0.2, 0.25) is 15.0 Å². The summed E-state index contributed by atoms with van der Waals surface area (Å²) in [7, 11) is -3.60. The minimum Gasteiger partial charge on any atom is -0.388 e. The van der Waals surface area contributed by atoms with Gasteiger partial charge in [-0.05, 0) is 36.3 Å². The summed E-state index contributed by atoms with van der Waals surface area (Å²) in [6, 6.07) is 7.84. The lowest BCUT2D eigenvalue weighted by Gasteiger charge is -2.25. The normalized spacial score (nSPS) is 15.4. The maximum atomic E-state index is 12.7. The van der Waals surface area contributed by atoms with Crippen LogP contribution in [0, 0.1) is 0 Å². The Bertz CT molecular complexity index is 793. The zero-order chi connectivity index (χ0) is 17.2. The van der Waals surface area contributed by atoms with Gasteiger partial charge in [0.25, 0.3) is 0 Å². The molecule has 2 aromatic rings. The Morgan fingerprint density at radius 2 is 1.92 bits per heavy atom. The number of hydrogen-bond donors (Lipinski definition) is 1. The van der Waals surface area contributed by atoms with E-state index in [-0.39, 0.29) is 23.3 Å². The molecule has 1 fully saturated rings. The van der Waals surface area contributed by atoms with Gasteiger partial charge in [0.15, 0.2) is 5.82 Å². The predicted molar refractivity (Wildman–Crippen MR) is 90.2 cm³/mol. The summed E-state index contributed by atoms with van der Waals surface area (Å²) >= 11 is 0. The van der Waals surface area contributed by atoms with E-state index in [1.54, 1.807) is 0 Å². The van der Waals surface area contributed by atoms with E-state index in [1.165, 1.54) is 29.4 Å². The van der Waals surface area contributed by atoms with Crippen LogP contribution in [0.15, 0.2) is 29.4 Å². The van der Waals surface area contributed by atoms with Crippen LogP contribution in [0.1, 0.15) is 55.5 Å². The molecule has 24 heavy (non-hydrogen) atoms. The van der Waals surface area contributed by atoms with Gasteiger partial charge in [-0.1, -0.05) is 37.6 Å². The van der Waals surface area contributed by atoms with E-state index in [1.807, 2.05) is 31.2 Å². The van der Waals surface area contributed by atoms with Crippen molar-refractivity contribution in [3.63, 3.8) is 0 Å².